The topological polar surface area (TPSA) is 157 Å². The number of hydrogen-bond donors (Lipinski definition) is 2. The molecule has 3 atom stereocenters. The minimum Gasteiger partial charge on any atom is -0.462 e. The first-order valence-electron chi connectivity index (χ1n) is 18.8. The third kappa shape index (κ3) is 16.3. The molecule has 2 N–H and O–H groups in total. The second kappa shape index (κ2) is 23.2. The Kier molecular flexibility index (Phi) is 19.2. The summed E-state index contributed by atoms with van der Waals surface area (Å²) in [5, 5.41) is 5.29. The molecule has 1 unspecified atom stereocenters. The molecule has 0 radical (unpaired) electrons. The zero-order valence-corrected chi connectivity index (χ0v) is 33.4. The Balaban J connectivity index is 1.51. The fraction of sp³-hybridized carbons (Fsp3) is 0.575. The van der Waals surface area contributed by atoms with Gasteiger partial charge in [0.1, 0.15) is 18.3 Å². The lowest BCUT2D eigenvalue weighted by Gasteiger charge is -2.25. The number of fused-ring (bicyclic) bond motifs is 3. The van der Waals surface area contributed by atoms with Crippen LogP contribution in [0.1, 0.15) is 96.6 Å². The number of phosphoric acid groups is 1. The van der Waals surface area contributed by atoms with Gasteiger partial charge in [-0.2, -0.15) is 0 Å². The van der Waals surface area contributed by atoms with Crippen molar-refractivity contribution >= 4 is 26.0 Å². The number of alkyl carbamates (subject to hydrolysis) is 2. The predicted molar refractivity (Wildman–Crippen MR) is 206 cm³/mol. The van der Waals surface area contributed by atoms with E-state index in [1.165, 1.54) is 19.4 Å². The summed E-state index contributed by atoms with van der Waals surface area (Å²) in [4.78, 5) is 37.0. The molecule has 1 aliphatic carbocycles. The summed E-state index contributed by atoms with van der Waals surface area (Å²) in [6, 6.07) is 15.3. The first kappa shape index (κ1) is 44.7. The van der Waals surface area contributed by atoms with Crippen LogP contribution in [0.15, 0.2) is 61.2 Å². The van der Waals surface area contributed by atoms with Crippen molar-refractivity contribution < 1.29 is 51.5 Å². The van der Waals surface area contributed by atoms with Gasteiger partial charge in [0.2, 0.25) is 0 Å². The Bertz CT molecular complexity index is 1480. The molecule has 0 saturated carbocycles. The zero-order chi connectivity index (χ0) is 39.4. The average Bonchev–Trinajstić information content (AvgIpc) is 3.44. The highest BCUT2D eigenvalue weighted by Crippen LogP contribution is 2.49. The molecule has 2 amide bonds. The number of esters is 1. The van der Waals surface area contributed by atoms with Gasteiger partial charge in [0.25, 0.3) is 0 Å². The van der Waals surface area contributed by atoms with Crippen molar-refractivity contribution in [3.05, 3.63) is 72.3 Å². The van der Waals surface area contributed by atoms with Crippen molar-refractivity contribution in [1.29, 1.82) is 0 Å². The van der Waals surface area contributed by atoms with Gasteiger partial charge >= 0.3 is 26.0 Å². The average molecular weight is 775 g/mol. The van der Waals surface area contributed by atoms with Gasteiger partial charge in [0, 0.05) is 25.8 Å². The first-order valence-corrected chi connectivity index (χ1v) is 20.3. The highest BCUT2D eigenvalue weighted by Gasteiger charge is 2.31. The van der Waals surface area contributed by atoms with Crippen molar-refractivity contribution in [3.8, 4) is 11.1 Å². The maximum atomic E-state index is 13.6. The van der Waals surface area contributed by atoms with Crippen LogP contribution in [0.3, 0.4) is 0 Å². The number of unbranched alkanes of at least 4 members (excludes halogenated alkanes) is 4. The van der Waals surface area contributed by atoms with Crippen LogP contribution in [0.2, 0.25) is 0 Å². The highest BCUT2D eigenvalue weighted by atomic mass is 31.2. The molecule has 0 bridgehead atoms. The monoisotopic (exact) mass is 774 g/mol. The second-order valence-electron chi connectivity index (χ2n) is 14.1. The number of carbonyl (C=O) groups is 3. The van der Waals surface area contributed by atoms with Gasteiger partial charge in [-0.15, -0.1) is 6.58 Å². The van der Waals surface area contributed by atoms with Crippen molar-refractivity contribution in [2.45, 2.75) is 103 Å². The maximum absolute atomic E-state index is 13.6. The van der Waals surface area contributed by atoms with Crippen LogP contribution in [0.4, 0.5) is 9.59 Å². The van der Waals surface area contributed by atoms with Gasteiger partial charge in [-0.25, -0.2) is 14.2 Å². The van der Waals surface area contributed by atoms with Gasteiger partial charge in [-0.3, -0.25) is 18.4 Å². The SMILES string of the molecule is C=CCOP(=O)(OCCNC(=O)OCC1c2ccccc2-c2ccccc21)OC[C@@H](COCC[C@@H](CCCCCCC)OC(C)=O)NC(=O)OC(C)(C)C. The number of ether oxygens (including phenoxy) is 4. The van der Waals surface area contributed by atoms with E-state index >= 15 is 0 Å². The Morgan fingerprint density at radius 3 is 2.17 bits per heavy atom. The van der Waals surface area contributed by atoms with E-state index in [-0.39, 0.29) is 64.2 Å². The van der Waals surface area contributed by atoms with Crippen LogP contribution in [0.25, 0.3) is 11.1 Å². The number of benzene rings is 2. The van der Waals surface area contributed by atoms with Crippen LogP contribution >= 0.6 is 7.82 Å². The van der Waals surface area contributed by atoms with E-state index < -0.39 is 31.7 Å². The van der Waals surface area contributed by atoms with Crippen LogP contribution < -0.4 is 10.6 Å². The lowest BCUT2D eigenvalue weighted by molar-refractivity contribution is -0.147. The molecular weight excluding hydrogens is 715 g/mol. The smallest absolute Gasteiger partial charge is 0.462 e. The molecule has 0 spiro atoms. The molecule has 0 heterocycles. The predicted octanol–water partition coefficient (Wildman–Crippen LogP) is 8.46. The van der Waals surface area contributed by atoms with E-state index in [9.17, 15) is 18.9 Å². The third-order valence-corrected chi connectivity index (χ3v) is 9.76. The molecule has 0 aliphatic heterocycles. The quantitative estimate of drug-likeness (QED) is 0.0328. The van der Waals surface area contributed by atoms with Crippen molar-refractivity contribution in [3.63, 3.8) is 0 Å². The molecular formula is C40H59N2O11P. The molecule has 2 aromatic carbocycles. The van der Waals surface area contributed by atoms with Crippen LogP contribution in [-0.2, 0) is 41.9 Å². The number of hydrogen-bond acceptors (Lipinski definition) is 11. The van der Waals surface area contributed by atoms with Crippen LogP contribution in [0, 0.1) is 0 Å². The van der Waals surface area contributed by atoms with E-state index in [1.54, 1.807) is 20.8 Å². The minimum atomic E-state index is -4.20. The van der Waals surface area contributed by atoms with Gasteiger partial charge in [0.05, 0.1) is 39.1 Å². The summed E-state index contributed by atoms with van der Waals surface area (Å²) in [6.07, 6.45) is 6.36. The maximum Gasteiger partial charge on any atom is 0.475 e. The van der Waals surface area contributed by atoms with E-state index in [0.29, 0.717) is 6.42 Å². The molecule has 0 saturated heterocycles. The Morgan fingerprint density at radius 2 is 1.54 bits per heavy atom. The molecule has 0 fully saturated rings. The molecule has 54 heavy (non-hydrogen) atoms. The molecule has 14 heteroatoms. The Hall–Kier alpha value is -3.74. The van der Waals surface area contributed by atoms with Crippen LogP contribution in [0.5, 0.6) is 0 Å². The third-order valence-electron chi connectivity index (χ3n) is 8.34. The van der Waals surface area contributed by atoms with Gasteiger partial charge in [0.15, 0.2) is 0 Å². The number of nitrogens with one attached hydrogen (secondary N) is 2. The minimum absolute atomic E-state index is 0.0344. The lowest BCUT2D eigenvalue weighted by atomic mass is 9.98. The largest absolute Gasteiger partial charge is 0.475 e. The Morgan fingerprint density at radius 1 is 0.870 bits per heavy atom. The summed E-state index contributed by atoms with van der Waals surface area (Å²) in [7, 11) is -4.20. The molecule has 0 aromatic heterocycles. The van der Waals surface area contributed by atoms with Crippen LogP contribution in [-0.4, -0.2) is 82.1 Å². The molecule has 3 rings (SSSR count). The standard InChI is InChI=1S/C40H59N2O11P/c1-7-9-10-11-12-17-32(52-30(3)43)22-25-47-27-31(42-39(45)53-40(4,5)6)28-51-54(46,49-24-8-2)50-26-23-41-38(44)48-29-37-35-20-15-13-18-33(35)34-19-14-16-21-36(34)37/h8,13-16,18-21,31-32,37H,2,7,9-12,17,22-29H2,1,3-6H3,(H,41,44)(H,42,45)/t31-,32-,54?/m1/s1. The second-order valence-corrected chi connectivity index (χ2v) is 15.7. The summed E-state index contributed by atoms with van der Waals surface area (Å²) in [5.41, 5.74) is 3.67. The highest BCUT2D eigenvalue weighted by molar-refractivity contribution is 7.48. The Labute approximate surface area is 320 Å². The van der Waals surface area contributed by atoms with Crippen molar-refractivity contribution in [2.24, 2.45) is 0 Å². The summed E-state index contributed by atoms with van der Waals surface area (Å²) in [5.74, 6) is -0.447. The van der Waals surface area contributed by atoms with E-state index in [4.69, 9.17) is 32.5 Å². The van der Waals surface area contributed by atoms with Crippen molar-refractivity contribution in [1.82, 2.24) is 10.6 Å². The van der Waals surface area contributed by atoms with Gasteiger partial charge < -0.3 is 29.6 Å². The number of amides is 2. The number of phosphoric ester groups is 1. The molecule has 13 nitrogen and oxygen atoms in total. The van der Waals surface area contributed by atoms with Gasteiger partial charge in [-0.05, 0) is 55.9 Å². The van der Waals surface area contributed by atoms with Gasteiger partial charge in [-0.1, -0.05) is 87.2 Å². The molecule has 1 aliphatic rings. The normalized spacial score (nSPS) is 14.5. The van der Waals surface area contributed by atoms with E-state index in [2.05, 4.69) is 36.3 Å². The van der Waals surface area contributed by atoms with E-state index in [1.807, 2.05) is 36.4 Å². The zero-order valence-electron chi connectivity index (χ0n) is 32.5. The number of carbonyl (C=O) groups excluding carboxylic acids is 3. The fourth-order valence-corrected chi connectivity index (χ4v) is 7.10. The lowest BCUT2D eigenvalue weighted by Crippen LogP contribution is -2.44. The molecule has 2 aromatic rings. The summed E-state index contributed by atoms with van der Waals surface area (Å²) >= 11 is 0. The summed E-state index contributed by atoms with van der Waals surface area (Å²) < 4.78 is 52.4. The van der Waals surface area contributed by atoms with E-state index in [0.717, 1.165) is 54.4 Å². The van der Waals surface area contributed by atoms with Crippen molar-refractivity contribution in [2.75, 3.05) is 46.2 Å². The molecule has 300 valence electrons. The first-order chi connectivity index (χ1) is 25.8. The fourth-order valence-electron chi connectivity index (χ4n) is 5.92. The summed E-state index contributed by atoms with van der Waals surface area (Å²) in [6.45, 7) is 11.9. The number of rotatable bonds is 25.